The Morgan fingerprint density at radius 3 is 2.00 bits per heavy atom. The molecule has 4 heterocycles. The summed E-state index contributed by atoms with van der Waals surface area (Å²) in [6.45, 7) is 1.66. The molecule has 264 valence electrons. The van der Waals surface area contributed by atoms with Gasteiger partial charge in [-0.25, -0.2) is 9.36 Å². The predicted molar refractivity (Wildman–Crippen MR) is 198 cm³/mol. The first kappa shape index (κ1) is 35.3. The van der Waals surface area contributed by atoms with Crippen LogP contribution in [0.3, 0.4) is 0 Å². The third-order valence-electron chi connectivity index (χ3n) is 8.21. The summed E-state index contributed by atoms with van der Waals surface area (Å²) in [6.07, 6.45) is 1.03. The zero-order chi connectivity index (χ0) is 36.4. The number of likely N-dealkylation sites (N-methyl/N-ethyl adjacent to an activating group) is 1. The van der Waals surface area contributed by atoms with E-state index in [0.29, 0.717) is 66.4 Å². The molecule has 2 amide bonds. The molecule has 2 N–H and O–H groups in total. The molecule has 14 nitrogen and oxygen atoms in total. The van der Waals surface area contributed by atoms with Crippen LogP contribution in [0.1, 0.15) is 31.2 Å². The van der Waals surface area contributed by atoms with Crippen LogP contribution in [-0.4, -0.2) is 64.4 Å². The van der Waals surface area contributed by atoms with Crippen LogP contribution in [0.25, 0.3) is 42.5 Å². The van der Waals surface area contributed by atoms with Gasteiger partial charge in [-0.3, -0.25) is 19.2 Å². The van der Waals surface area contributed by atoms with E-state index in [4.69, 9.17) is 23.2 Å². The Morgan fingerprint density at radius 2 is 1.35 bits per heavy atom. The van der Waals surface area contributed by atoms with Crippen LogP contribution in [0.15, 0.2) is 76.3 Å². The average Bonchev–Trinajstić information content (AvgIpc) is 3.80. The van der Waals surface area contributed by atoms with Gasteiger partial charge in [-0.05, 0) is 61.6 Å². The summed E-state index contributed by atoms with van der Waals surface area (Å²) in [5.74, 6) is -0.865. The van der Waals surface area contributed by atoms with Crippen LogP contribution < -0.4 is 21.8 Å². The van der Waals surface area contributed by atoms with E-state index in [2.05, 4.69) is 41.2 Å². The topological polar surface area (TPSA) is 180 Å². The van der Waals surface area contributed by atoms with Crippen LogP contribution in [0.2, 0.25) is 10.0 Å². The molecule has 0 aliphatic heterocycles. The predicted octanol–water partition coefficient (Wildman–Crippen LogP) is 4.68. The Labute approximate surface area is 313 Å². The SMILES string of the molecule is CCNC(=O)Cn1nc(-c2nnc(-c3cccc(Cl)c3)s2)c(C2CC(NC(=O)Cn3nc(-c4nnc(-c5cccc(Cl)c5)s4)ccc3=O)C2)cc1=O. The van der Waals surface area contributed by atoms with E-state index in [1.54, 1.807) is 37.3 Å². The first-order valence-electron chi connectivity index (χ1n) is 16.1. The molecule has 6 aromatic rings. The fourth-order valence-electron chi connectivity index (χ4n) is 5.68. The highest BCUT2D eigenvalue weighted by Crippen LogP contribution is 2.41. The summed E-state index contributed by atoms with van der Waals surface area (Å²) in [7, 11) is 0. The fraction of sp³-hybridized carbons (Fsp3) is 0.235. The van der Waals surface area contributed by atoms with Crippen LogP contribution in [0, 0.1) is 0 Å². The number of halogens is 2. The second-order valence-corrected chi connectivity index (χ2v) is 14.7. The maximum absolute atomic E-state index is 13.1. The Hall–Kier alpha value is -5.16. The number of nitrogens with one attached hydrogen (secondary N) is 2. The van der Waals surface area contributed by atoms with Crippen LogP contribution in [0.4, 0.5) is 0 Å². The number of nitrogens with zero attached hydrogens (tertiary/aromatic N) is 8. The second kappa shape index (κ2) is 15.2. The number of rotatable bonds is 11. The maximum atomic E-state index is 13.1. The number of hydrogen-bond donors (Lipinski definition) is 2. The summed E-state index contributed by atoms with van der Waals surface area (Å²) in [5.41, 5.74) is 2.20. The molecule has 7 rings (SSSR count). The zero-order valence-electron chi connectivity index (χ0n) is 27.3. The standard InChI is InChI=1S/C34H28Cl2N10O4S2/c1-2-37-26(47)16-46-29(50)15-24(30(44-46)34-42-40-32(52-34)19-6-4-8-22(36)12-19)20-13-23(14-20)38-27(48)17-45-28(49)10-9-25(43-45)33-41-39-31(51-33)18-5-3-7-21(35)11-18/h3-12,15,20,23H,2,13-14,16-17H2,1H3,(H,37,47)(H,38,48). The minimum Gasteiger partial charge on any atom is -0.355 e. The van der Waals surface area contributed by atoms with Crippen LogP contribution in [0.5, 0.6) is 0 Å². The third kappa shape index (κ3) is 7.84. The van der Waals surface area contributed by atoms with Gasteiger partial charge in [0.05, 0.1) is 0 Å². The third-order valence-corrected chi connectivity index (χ3v) is 10.7. The lowest BCUT2D eigenvalue weighted by molar-refractivity contribution is -0.123. The number of carbonyl (C=O) groups is 2. The number of carbonyl (C=O) groups excluding carboxylic acids is 2. The van der Waals surface area contributed by atoms with Crippen LogP contribution in [-0.2, 0) is 22.7 Å². The van der Waals surface area contributed by atoms with Crippen LogP contribution >= 0.6 is 45.9 Å². The quantitative estimate of drug-likeness (QED) is 0.188. The molecule has 1 fully saturated rings. The lowest BCUT2D eigenvalue weighted by Gasteiger charge is -2.36. The van der Waals surface area contributed by atoms with E-state index in [1.165, 1.54) is 34.8 Å². The van der Waals surface area contributed by atoms with Gasteiger partial charge in [0.15, 0.2) is 10.0 Å². The summed E-state index contributed by atoms with van der Waals surface area (Å²) in [4.78, 5) is 51.2. The average molecular weight is 776 g/mol. The highest BCUT2D eigenvalue weighted by molar-refractivity contribution is 7.18. The highest BCUT2D eigenvalue weighted by Gasteiger charge is 2.35. The first-order chi connectivity index (χ1) is 25.1. The lowest BCUT2D eigenvalue weighted by Crippen LogP contribution is -2.46. The molecule has 18 heteroatoms. The minimum atomic E-state index is -0.442. The maximum Gasteiger partial charge on any atom is 0.267 e. The van der Waals surface area contributed by atoms with Crippen molar-refractivity contribution in [2.75, 3.05) is 6.54 Å². The zero-order valence-corrected chi connectivity index (χ0v) is 30.5. The summed E-state index contributed by atoms with van der Waals surface area (Å²) in [5, 5.41) is 35.1. The molecule has 2 aromatic carbocycles. The van der Waals surface area contributed by atoms with E-state index in [-0.39, 0.29) is 31.0 Å². The molecule has 0 spiro atoms. The van der Waals surface area contributed by atoms with Crippen molar-refractivity contribution in [1.29, 1.82) is 0 Å². The van der Waals surface area contributed by atoms with E-state index in [0.717, 1.165) is 20.5 Å². The highest BCUT2D eigenvalue weighted by atomic mass is 35.5. The van der Waals surface area contributed by atoms with Gasteiger partial charge in [-0.2, -0.15) is 10.2 Å². The van der Waals surface area contributed by atoms with Gasteiger partial charge in [0.25, 0.3) is 11.1 Å². The molecular weight excluding hydrogens is 747 g/mol. The van der Waals surface area contributed by atoms with Gasteiger partial charge < -0.3 is 10.6 Å². The van der Waals surface area contributed by atoms with Crippen molar-refractivity contribution >= 4 is 57.7 Å². The van der Waals surface area contributed by atoms with Crippen molar-refractivity contribution in [1.82, 2.24) is 50.6 Å². The van der Waals surface area contributed by atoms with Crippen molar-refractivity contribution in [2.45, 2.75) is 44.8 Å². The number of benzene rings is 2. The molecule has 1 saturated carbocycles. The molecule has 0 bridgehead atoms. The Balaban J connectivity index is 1.06. The van der Waals surface area contributed by atoms with E-state index >= 15 is 0 Å². The Bertz CT molecular complexity index is 2420. The molecule has 52 heavy (non-hydrogen) atoms. The van der Waals surface area contributed by atoms with E-state index in [9.17, 15) is 19.2 Å². The largest absolute Gasteiger partial charge is 0.355 e. The molecule has 0 saturated heterocycles. The molecule has 0 atom stereocenters. The van der Waals surface area contributed by atoms with Crippen molar-refractivity contribution < 1.29 is 9.59 Å². The molecule has 1 aliphatic rings. The van der Waals surface area contributed by atoms with Crippen molar-refractivity contribution in [3.8, 4) is 42.5 Å². The lowest BCUT2D eigenvalue weighted by atomic mass is 9.75. The van der Waals surface area contributed by atoms with E-state index < -0.39 is 17.0 Å². The molecule has 0 unspecified atom stereocenters. The second-order valence-electron chi connectivity index (χ2n) is 11.9. The van der Waals surface area contributed by atoms with E-state index in [1.807, 2.05) is 24.3 Å². The summed E-state index contributed by atoms with van der Waals surface area (Å²) in [6, 6.07) is 18.6. The van der Waals surface area contributed by atoms with Crippen molar-refractivity contribution in [3.63, 3.8) is 0 Å². The minimum absolute atomic E-state index is 0.131. The normalized spacial score (nSPS) is 15.2. The van der Waals surface area contributed by atoms with Gasteiger partial charge in [-0.1, -0.05) is 70.1 Å². The van der Waals surface area contributed by atoms with Crippen molar-refractivity contribution in [3.05, 3.63) is 103 Å². The Morgan fingerprint density at radius 1 is 0.750 bits per heavy atom. The van der Waals surface area contributed by atoms with Gasteiger partial charge >= 0.3 is 0 Å². The number of hydrogen-bond acceptors (Lipinski definition) is 12. The molecular formula is C34H28Cl2N10O4S2. The number of amides is 2. The summed E-state index contributed by atoms with van der Waals surface area (Å²) < 4.78 is 2.20. The smallest absolute Gasteiger partial charge is 0.267 e. The van der Waals surface area contributed by atoms with Gasteiger partial charge in [-0.15, -0.1) is 20.4 Å². The van der Waals surface area contributed by atoms with Crippen molar-refractivity contribution in [2.24, 2.45) is 0 Å². The molecule has 4 aromatic heterocycles. The molecule has 0 radical (unpaired) electrons. The van der Waals surface area contributed by atoms with Gasteiger partial charge in [0.1, 0.15) is 34.5 Å². The van der Waals surface area contributed by atoms with Gasteiger partial charge in [0, 0.05) is 45.9 Å². The fourth-order valence-corrected chi connectivity index (χ4v) is 7.71. The summed E-state index contributed by atoms with van der Waals surface area (Å²) >= 11 is 14.9. The first-order valence-corrected chi connectivity index (χ1v) is 18.5. The Kier molecular flexibility index (Phi) is 10.3. The number of aromatic nitrogens is 8. The monoisotopic (exact) mass is 774 g/mol. The molecule has 1 aliphatic carbocycles. The van der Waals surface area contributed by atoms with Gasteiger partial charge in [0.2, 0.25) is 11.8 Å².